The second-order valence-electron chi connectivity index (χ2n) is 4.78. The Bertz CT molecular complexity index is 790. The third-order valence-corrected chi connectivity index (χ3v) is 4.58. The van der Waals surface area contributed by atoms with Crippen LogP contribution in [0.5, 0.6) is 5.75 Å². The lowest BCUT2D eigenvalue weighted by Gasteiger charge is -2.18. The van der Waals surface area contributed by atoms with E-state index in [9.17, 15) is 13.2 Å². The van der Waals surface area contributed by atoms with Crippen LogP contribution in [0.15, 0.2) is 54.6 Å². The quantitative estimate of drug-likeness (QED) is 0.926. The summed E-state index contributed by atoms with van der Waals surface area (Å²) in [4.78, 5) is 11.4. The van der Waals surface area contributed by atoms with Gasteiger partial charge < -0.3 is 4.74 Å². The van der Waals surface area contributed by atoms with E-state index in [1.807, 2.05) is 35.1 Å². The Morgan fingerprint density at radius 1 is 1.05 bits per heavy atom. The highest BCUT2D eigenvalue weighted by Crippen LogP contribution is 2.31. The number of carbonyl (C=O) groups excluding carboxylic acids is 1. The van der Waals surface area contributed by atoms with Crippen molar-refractivity contribution in [3.8, 4) is 5.75 Å². The van der Waals surface area contributed by atoms with Crippen molar-refractivity contribution < 1.29 is 17.9 Å². The van der Waals surface area contributed by atoms with Gasteiger partial charge in [-0.1, -0.05) is 42.5 Å². The van der Waals surface area contributed by atoms with Gasteiger partial charge in [0, 0.05) is 0 Å². The Morgan fingerprint density at radius 2 is 1.73 bits per heavy atom. The third-order valence-electron chi connectivity index (χ3n) is 3.19. The number of ether oxygens (including phenoxy) is 1. The molecule has 1 amide bonds. The number of amides is 1. The smallest absolute Gasteiger partial charge is 0.326 e. The fourth-order valence-electron chi connectivity index (χ4n) is 2.18. The van der Waals surface area contributed by atoms with Gasteiger partial charge in [-0.25, -0.2) is 9.03 Å². The second kappa shape index (κ2) is 5.69. The van der Waals surface area contributed by atoms with Gasteiger partial charge in [-0.15, -0.1) is 0 Å². The van der Waals surface area contributed by atoms with Gasteiger partial charge in [0.2, 0.25) is 0 Å². The third kappa shape index (κ3) is 2.89. The molecule has 0 spiro atoms. The standard InChI is InChI=1S/C15H14N2O4S/c18-15-10-17(22(19,20)16-15)13-8-4-5-9-14(13)21-11-12-6-2-1-3-7-12/h1-9H,10-11H2,(H,16,18). The van der Waals surface area contributed by atoms with E-state index in [1.54, 1.807) is 24.3 Å². The van der Waals surface area contributed by atoms with E-state index < -0.39 is 16.1 Å². The number of anilines is 1. The summed E-state index contributed by atoms with van der Waals surface area (Å²) in [5.74, 6) is -0.149. The summed E-state index contributed by atoms with van der Waals surface area (Å²) in [5, 5.41) is 0. The van der Waals surface area contributed by atoms with Crippen molar-refractivity contribution in [1.29, 1.82) is 0 Å². The molecular formula is C15H14N2O4S. The number of hydrogen-bond acceptors (Lipinski definition) is 4. The molecule has 0 radical (unpaired) electrons. The van der Waals surface area contributed by atoms with Crippen molar-refractivity contribution in [3.05, 3.63) is 60.2 Å². The summed E-state index contributed by atoms with van der Waals surface area (Å²) >= 11 is 0. The van der Waals surface area contributed by atoms with Gasteiger partial charge in [0.1, 0.15) is 18.9 Å². The summed E-state index contributed by atoms with van der Waals surface area (Å²) in [7, 11) is -3.84. The fraction of sp³-hybridized carbons (Fsp3) is 0.133. The van der Waals surface area contributed by atoms with Crippen molar-refractivity contribution in [1.82, 2.24) is 4.72 Å². The SMILES string of the molecule is O=C1CN(c2ccccc2OCc2ccccc2)S(=O)(=O)N1. The van der Waals surface area contributed by atoms with E-state index in [0.29, 0.717) is 18.0 Å². The zero-order chi connectivity index (χ0) is 15.6. The maximum absolute atomic E-state index is 11.9. The molecule has 1 heterocycles. The second-order valence-corrected chi connectivity index (χ2v) is 6.37. The van der Waals surface area contributed by atoms with Crippen molar-refractivity contribution in [2.24, 2.45) is 0 Å². The normalized spacial score (nSPS) is 16.4. The molecule has 6 nitrogen and oxygen atoms in total. The average Bonchev–Trinajstić information content (AvgIpc) is 2.79. The van der Waals surface area contributed by atoms with Crippen LogP contribution in [-0.2, 0) is 21.6 Å². The van der Waals surface area contributed by atoms with Gasteiger partial charge >= 0.3 is 10.2 Å². The van der Waals surface area contributed by atoms with E-state index in [4.69, 9.17) is 4.74 Å². The van der Waals surface area contributed by atoms with Crippen LogP contribution in [0, 0.1) is 0 Å². The minimum Gasteiger partial charge on any atom is -0.487 e. The summed E-state index contributed by atoms with van der Waals surface area (Å²) in [6, 6.07) is 16.3. The van der Waals surface area contributed by atoms with E-state index >= 15 is 0 Å². The summed E-state index contributed by atoms with van der Waals surface area (Å²) in [5.41, 5.74) is 1.31. The number of benzene rings is 2. The molecule has 114 valence electrons. The molecule has 0 aromatic heterocycles. The first kappa shape index (κ1) is 14.4. The number of rotatable bonds is 4. The van der Waals surface area contributed by atoms with Gasteiger partial charge in [-0.3, -0.25) is 4.79 Å². The molecule has 3 rings (SSSR count). The largest absolute Gasteiger partial charge is 0.487 e. The van der Waals surface area contributed by atoms with Gasteiger partial charge in [0.15, 0.2) is 0 Å². The summed E-state index contributed by atoms with van der Waals surface area (Å²) in [6.45, 7) is 0.0706. The number of carbonyl (C=O) groups is 1. The van der Waals surface area contributed by atoms with Gasteiger partial charge in [0.05, 0.1) is 5.69 Å². The molecule has 0 aliphatic carbocycles. The summed E-state index contributed by atoms with van der Waals surface area (Å²) < 4.78 is 32.6. The molecule has 0 atom stereocenters. The predicted octanol–water partition coefficient (Wildman–Crippen LogP) is 1.45. The molecule has 0 saturated carbocycles. The Morgan fingerprint density at radius 3 is 2.41 bits per heavy atom. The van der Waals surface area contributed by atoms with Crippen molar-refractivity contribution in [2.75, 3.05) is 10.8 Å². The topological polar surface area (TPSA) is 75.7 Å². The number of nitrogens with one attached hydrogen (secondary N) is 1. The maximum atomic E-state index is 11.9. The van der Waals surface area contributed by atoms with E-state index in [0.717, 1.165) is 9.87 Å². The molecule has 7 heteroatoms. The molecule has 2 aromatic carbocycles. The minimum atomic E-state index is -3.84. The molecule has 0 bridgehead atoms. The zero-order valence-corrected chi connectivity index (χ0v) is 12.4. The maximum Gasteiger partial charge on any atom is 0.326 e. The Balaban J connectivity index is 1.86. The molecule has 1 aliphatic rings. The van der Waals surface area contributed by atoms with Crippen LogP contribution in [0.3, 0.4) is 0 Å². The van der Waals surface area contributed by atoms with Gasteiger partial charge in [-0.05, 0) is 17.7 Å². The Kier molecular flexibility index (Phi) is 3.72. The highest BCUT2D eigenvalue weighted by molar-refractivity contribution is 7.92. The predicted molar refractivity (Wildman–Crippen MR) is 81.6 cm³/mol. The van der Waals surface area contributed by atoms with Crippen molar-refractivity contribution >= 4 is 21.8 Å². The van der Waals surface area contributed by atoms with Gasteiger partial charge in [-0.2, -0.15) is 8.42 Å². The molecule has 0 unspecified atom stereocenters. The minimum absolute atomic E-state index is 0.242. The van der Waals surface area contributed by atoms with Crippen LogP contribution in [-0.4, -0.2) is 20.9 Å². The highest BCUT2D eigenvalue weighted by Gasteiger charge is 2.35. The van der Waals surface area contributed by atoms with Crippen molar-refractivity contribution in [2.45, 2.75) is 6.61 Å². The van der Waals surface area contributed by atoms with Crippen LogP contribution in [0.4, 0.5) is 5.69 Å². The van der Waals surface area contributed by atoms with E-state index in [1.165, 1.54) is 0 Å². The zero-order valence-electron chi connectivity index (χ0n) is 11.6. The lowest BCUT2D eigenvalue weighted by atomic mass is 10.2. The molecular weight excluding hydrogens is 304 g/mol. The lowest BCUT2D eigenvalue weighted by molar-refractivity contribution is -0.117. The number of hydrogen-bond donors (Lipinski definition) is 1. The van der Waals surface area contributed by atoms with E-state index in [2.05, 4.69) is 0 Å². The highest BCUT2D eigenvalue weighted by atomic mass is 32.2. The van der Waals surface area contributed by atoms with Crippen LogP contribution in [0.1, 0.15) is 5.56 Å². The Hall–Kier alpha value is -2.54. The molecule has 1 saturated heterocycles. The van der Waals surface area contributed by atoms with Gasteiger partial charge in [0.25, 0.3) is 5.91 Å². The fourth-order valence-corrected chi connectivity index (χ4v) is 3.34. The molecule has 1 N–H and O–H groups in total. The Labute approximate surface area is 128 Å². The first-order valence-corrected chi connectivity index (χ1v) is 8.09. The molecule has 2 aromatic rings. The molecule has 22 heavy (non-hydrogen) atoms. The van der Waals surface area contributed by atoms with Crippen LogP contribution in [0.2, 0.25) is 0 Å². The first-order chi connectivity index (χ1) is 10.6. The number of nitrogens with zero attached hydrogens (tertiary/aromatic N) is 1. The average molecular weight is 318 g/mol. The summed E-state index contributed by atoms with van der Waals surface area (Å²) in [6.07, 6.45) is 0. The van der Waals surface area contributed by atoms with Crippen LogP contribution < -0.4 is 13.8 Å². The number of para-hydroxylation sites is 2. The van der Waals surface area contributed by atoms with Crippen LogP contribution >= 0.6 is 0 Å². The lowest BCUT2D eigenvalue weighted by Crippen LogP contribution is -2.29. The molecule has 1 aliphatic heterocycles. The molecule has 1 fully saturated rings. The first-order valence-electron chi connectivity index (χ1n) is 6.65. The van der Waals surface area contributed by atoms with E-state index in [-0.39, 0.29) is 6.54 Å². The van der Waals surface area contributed by atoms with Crippen molar-refractivity contribution in [3.63, 3.8) is 0 Å². The monoisotopic (exact) mass is 318 g/mol. The van der Waals surface area contributed by atoms with Crippen LogP contribution in [0.25, 0.3) is 0 Å².